The maximum absolute atomic E-state index is 12.6. The molecule has 0 fully saturated rings. The van der Waals surface area contributed by atoms with E-state index >= 15 is 0 Å². The van der Waals surface area contributed by atoms with Crippen LogP contribution in [0.1, 0.15) is 48.3 Å². The van der Waals surface area contributed by atoms with Crippen molar-refractivity contribution >= 4 is 11.6 Å². The molecule has 0 aliphatic rings. The number of aromatic nitrogens is 4. The second-order valence-corrected chi connectivity index (χ2v) is 7.67. The van der Waals surface area contributed by atoms with Crippen LogP contribution in [0.25, 0.3) is 0 Å². The molecule has 0 aliphatic carbocycles. The zero-order valence-corrected chi connectivity index (χ0v) is 16.2. The van der Waals surface area contributed by atoms with Gasteiger partial charge >= 0.3 is 0 Å². The molecular formula is C21H25N5O. The minimum atomic E-state index is -0.202. The fraction of sp³-hybridized carbons (Fsp3) is 0.333. The number of hydrogen-bond donors (Lipinski definition) is 1. The van der Waals surface area contributed by atoms with E-state index in [1.807, 2.05) is 48.0 Å². The molecule has 6 heteroatoms. The Kier molecular flexibility index (Phi) is 5.35. The molecule has 0 atom stereocenters. The van der Waals surface area contributed by atoms with Crippen LogP contribution < -0.4 is 5.32 Å². The highest BCUT2D eigenvalue weighted by atomic mass is 16.1. The minimum Gasteiger partial charge on any atom is -0.321 e. The lowest BCUT2D eigenvalue weighted by molar-refractivity contribution is 0.102. The van der Waals surface area contributed by atoms with Crippen molar-refractivity contribution < 1.29 is 4.79 Å². The number of carbonyl (C=O) groups is 1. The standard InChI is InChI=1S/C21H25N5O/c1-21(2,3)18-10-6-9-17(24-18)20(27)23-16-8-5-7-15(13-16)11-12-19-25-22-14-26(19)4/h5-10,13-14H,11-12H2,1-4H3,(H,23,27). The van der Waals surface area contributed by atoms with Crippen molar-refractivity contribution in [3.05, 3.63) is 71.6 Å². The van der Waals surface area contributed by atoms with E-state index in [-0.39, 0.29) is 11.3 Å². The van der Waals surface area contributed by atoms with Gasteiger partial charge in [0.1, 0.15) is 17.8 Å². The third kappa shape index (κ3) is 4.78. The van der Waals surface area contributed by atoms with Crippen LogP contribution >= 0.6 is 0 Å². The van der Waals surface area contributed by atoms with Crippen LogP contribution in [0.3, 0.4) is 0 Å². The molecule has 0 unspecified atom stereocenters. The van der Waals surface area contributed by atoms with Crippen molar-refractivity contribution in [3.8, 4) is 0 Å². The average molecular weight is 363 g/mol. The Balaban J connectivity index is 1.69. The highest BCUT2D eigenvalue weighted by molar-refractivity contribution is 6.02. The van der Waals surface area contributed by atoms with E-state index in [2.05, 4.69) is 41.3 Å². The SMILES string of the molecule is Cn1cnnc1CCc1cccc(NC(=O)c2cccc(C(C)(C)C)n2)c1. The first-order chi connectivity index (χ1) is 12.8. The first-order valence-corrected chi connectivity index (χ1v) is 9.03. The topological polar surface area (TPSA) is 72.7 Å². The second-order valence-electron chi connectivity index (χ2n) is 7.67. The molecule has 1 aromatic carbocycles. The van der Waals surface area contributed by atoms with Crippen molar-refractivity contribution in [2.24, 2.45) is 7.05 Å². The van der Waals surface area contributed by atoms with Gasteiger partial charge in [-0.15, -0.1) is 10.2 Å². The Hall–Kier alpha value is -3.02. The van der Waals surface area contributed by atoms with Gasteiger partial charge in [0, 0.05) is 30.3 Å². The van der Waals surface area contributed by atoms with Crippen LogP contribution in [0.4, 0.5) is 5.69 Å². The van der Waals surface area contributed by atoms with Gasteiger partial charge in [-0.3, -0.25) is 4.79 Å². The largest absolute Gasteiger partial charge is 0.321 e. The zero-order valence-electron chi connectivity index (χ0n) is 16.2. The van der Waals surface area contributed by atoms with Gasteiger partial charge < -0.3 is 9.88 Å². The van der Waals surface area contributed by atoms with E-state index in [4.69, 9.17) is 0 Å². The van der Waals surface area contributed by atoms with Crippen molar-refractivity contribution in [2.45, 2.75) is 39.0 Å². The normalized spacial score (nSPS) is 11.4. The molecule has 0 spiro atoms. The summed E-state index contributed by atoms with van der Waals surface area (Å²) in [5.41, 5.74) is 3.11. The molecular weight excluding hydrogens is 338 g/mol. The Morgan fingerprint density at radius 2 is 1.89 bits per heavy atom. The number of nitrogens with zero attached hydrogens (tertiary/aromatic N) is 4. The monoisotopic (exact) mass is 363 g/mol. The number of anilines is 1. The predicted molar refractivity (Wildman–Crippen MR) is 106 cm³/mol. The zero-order chi connectivity index (χ0) is 19.4. The van der Waals surface area contributed by atoms with Crippen LogP contribution in [0.5, 0.6) is 0 Å². The average Bonchev–Trinajstić information content (AvgIpc) is 3.04. The van der Waals surface area contributed by atoms with Gasteiger partial charge in [-0.1, -0.05) is 39.0 Å². The summed E-state index contributed by atoms with van der Waals surface area (Å²) in [7, 11) is 1.94. The fourth-order valence-corrected chi connectivity index (χ4v) is 2.77. The summed E-state index contributed by atoms with van der Waals surface area (Å²) in [6, 6.07) is 13.4. The third-order valence-corrected chi connectivity index (χ3v) is 4.38. The van der Waals surface area contributed by atoms with E-state index in [0.29, 0.717) is 5.69 Å². The number of hydrogen-bond acceptors (Lipinski definition) is 4. The van der Waals surface area contributed by atoms with Gasteiger partial charge in [-0.2, -0.15) is 0 Å². The molecule has 2 heterocycles. The number of benzene rings is 1. The first-order valence-electron chi connectivity index (χ1n) is 9.03. The third-order valence-electron chi connectivity index (χ3n) is 4.38. The molecule has 0 saturated carbocycles. The number of pyridine rings is 1. The Morgan fingerprint density at radius 3 is 2.59 bits per heavy atom. The van der Waals surface area contributed by atoms with E-state index in [1.165, 1.54) is 0 Å². The Morgan fingerprint density at radius 1 is 1.11 bits per heavy atom. The molecule has 2 aromatic heterocycles. The molecule has 3 rings (SSSR count). The Bertz CT molecular complexity index is 939. The maximum Gasteiger partial charge on any atom is 0.274 e. The molecule has 1 N–H and O–H groups in total. The van der Waals surface area contributed by atoms with Gasteiger partial charge in [0.25, 0.3) is 5.91 Å². The summed E-state index contributed by atoms with van der Waals surface area (Å²) in [4.78, 5) is 17.1. The smallest absolute Gasteiger partial charge is 0.274 e. The molecule has 3 aromatic rings. The van der Waals surface area contributed by atoms with E-state index < -0.39 is 0 Å². The van der Waals surface area contributed by atoms with Crippen LogP contribution in [0, 0.1) is 0 Å². The molecule has 0 bridgehead atoms. The van der Waals surface area contributed by atoms with E-state index in [9.17, 15) is 4.79 Å². The van der Waals surface area contributed by atoms with Gasteiger partial charge in [-0.05, 0) is 36.2 Å². The summed E-state index contributed by atoms with van der Waals surface area (Å²) in [6.07, 6.45) is 3.32. The first kappa shape index (κ1) is 18.8. The lowest BCUT2D eigenvalue weighted by atomic mass is 9.91. The van der Waals surface area contributed by atoms with E-state index in [0.717, 1.165) is 35.6 Å². The molecule has 1 amide bonds. The van der Waals surface area contributed by atoms with Crippen molar-refractivity contribution in [1.29, 1.82) is 0 Å². The van der Waals surface area contributed by atoms with Crippen molar-refractivity contribution in [3.63, 3.8) is 0 Å². The van der Waals surface area contributed by atoms with Crippen LogP contribution in [-0.2, 0) is 25.3 Å². The molecule has 0 radical (unpaired) electrons. The highest BCUT2D eigenvalue weighted by Gasteiger charge is 2.17. The maximum atomic E-state index is 12.6. The number of amides is 1. The molecule has 0 aliphatic heterocycles. The van der Waals surface area contributed by atoms with E-state index in [1.54, 1.807) is 12.4 Å². The van der Waals surface area contributed by atoms with Gasteiger partial charge in [0.2, 0.25) is 0 Å². The van der Waals surface area contributed by atoms with Crippen molar-refractivity contribution in [1.82, 2.24) is 19.7 Å². The fourth-order valence-electron chi connectivity index (χ4n) is 2.77. The van der Waals surface area contributed by atoms with Gasteiger partial charge in [-0.25, -0.2) is 4.98 Å². The lowest BCUT2D eigenvalue weighted by Gasteiger charge is -2.18. The Labute approximate surface area is 159 Å². The second kappa shape index (κ2) is 7.70. The number of carbonyl (C=O) groups excluding carboxylic acids is 1. The minimum absolute atomic E-state index is 0.101. The van der Waals surface area contributed by atoms with Gasteiger partial charge in [0.05, 0.1) is 0 Å². The summed E-state index contributed by atoms with van der Waals surface area (Å²) in [6.45, 7) is 6.24. The lowest BCUT2D eigenvalue weighted by Crippen LogP contribution is -2.19. The molecule has 27 heavy (non-hydrogen) atoms. The summed E-state index contributed by atoms with van der Waals surface area (Å²) in [5, 5.41) is 10.9. The summed E-state index contributed by atoms with van der Waals surface area (Å²) < 4.78 is 1.92. The van der Waals surface area contributed by atoms with Crippen molar-refractivity contribution in [2.75, 3.05) is 5.32 Å². The number of aryl methyl sites for hydroxylation is 3. The molecule has 140 valence electrons. The summed E-state index contributed by atoms with van der Waals surface area (Å²) >= 11 is 0. The quantitative estimate of drug-likeness (QED) is 0.752. The highest BCUT2D eigenvalue weighted by Crippen LogP contribution is 2.20. The predicted octanol–water partition coefficient (Wildman–Crippen LogP) is 3.55. The van der Waals surface area contributed by atoms with Gasteiger partial charge in [0.15, 0.2) is 0 Å². The van der Waals surface area contributed by atoms with Crippen LogP contribution in [0.2, 0.25) is 0 Å². The number of nitrogens with one attached hydrogen (secondary N) is 1. The van der Waals surface area contributed by atoms with Crippen LogP contribution in [0.15, 0.2) is 48.8 Å². The molecule has 0 saturated heterocycles. The van der Waals surface area contributed by atoms with Crippen LogP contribution in [-0.4, -0.2) is 25.7 Å². The summed E-state index contributed by atoms with van der Waals surface area (Å²) in [5.74, 6) is 0.735. The number of rotatable bonds is 5. The molecule has 6 nitrogen and oxygen atoms in total.